The lowest BCUT2D eigenvalue weighted by Crippen LogP contribution is -2.41. The molecule has 1 aromatic rings. The Morgan fingerprint density at radius 3 is 2.08 bits per heavy atom. The molecule has 3 N–H and O–H groups in total. The molecule has 0 aliphatic carbocycles. The van der Waals surface area contributed by atoms with Gasteiger partial charge in [-0.15, -0.1) is 0 Å². The number of nitrogens with one attached hydrogen (secondary N) is 1. The zero-order chi connectivity index (χ0) is 18.3. The largest absolute Gasteiger partial charge is 0.339 e. The maximum absolute atomic E-state index is 12.6. The van der Waals surface area contributed by atoms with Crippen LogP contribution in [0.5, 0.6) is 0 Å². The number of carbonyl (C=O) groups is 2. The van der Waals surface area contributed by atoms with Crippen LogP contribution in [0.2, 0.25) is 0 Å². The standard InChI is InChI=1S/C20H31N3O2/c1-3-20(4-2,15-21)19(25)22-17-11-9-16(10-12-17)18(24)23-13-7-5-6-8-14-23/h9-12H,3-8,13-15,21H2,1-2H3,(H,22,25). The number of hydrogen-bond donors (Lipinski definition) is 2. The quantitative estimate of drug-likeness (QED) is 0.829. The number of amides is 2. The maximum atomic E-state index is 12.6. The Labute approximate surface area is 151 Å². The fourth-order valence-corrected chi connectivity index (χ4v) is 3.37. The average molecular weight is 345 g/mol. The van der Waals surface area contributed by atoms with Gasteiger partial charge in [-0.3, -0.25) is 9.59 Å². The highest BCUT2D eigenvalue weighted by molar-refractivity contribution is 5.97. The first kappa shape index (κ1) is 19.4. The van der Waals surface area contributed by atoms with Gasteiger partial charge in [0.15, 0.2) is 0 Å². The third-order valence-corrected chi connectivity index (χ3v) is 5.51. The molecule has 5 nitrogen and oxygen atoms in total. The van der Waals surface area contributed by atoms with Crippen molar-refractivity contribution in [3.63, 3.8) is 0 Å². The fraction of sp³-hybridized carbons (Fsp3) is 0.600. The van der Waals surface area contributed by atoms with Gasteiger partial charge in [-0.1, -0.05) is 26.7 Å². The highest BCUT2D eigenvalue weighted by Crippen LogP contribution is 2.27. The van der Waals surface area contributed by atoms with E-state index >= 15 is 0 Å². The molecule has 5 heteroatoms. The molecular weight excluding hydrogens is 314 g/mol. The predicted octanol–water partition coefficient (Wildman–Crippen LogP) is 3.41. The summed E-state index contributed by atoms with van der Waals surface area (Å²) in [5.41, 5.74) is 6.69. The van der Waals surface area contributed by atoms with E-state index < -0.39 is 5.41 Å². The fourth-order valence-electron chi connectivity index (χ4n) is 3.37. The summed E-state index contributed by atoms with van der Waals surface area (Å²) in [6.07, 6.45) is 5.97. The molecule has 0 spiro atoms. The second-order valence-corrected chi connectivity index (χ2v) is 6.93. The van der Waals surface area contributed by atoms with E-state index in [9.17, 15) is 9.59 Å². The molecule has 1 aromatic carbocycles. The second-order valence-electron chi connectivity index (χ2n) is 6.93. The van der Waals surface area contributed by atoms with Crippen molar-refractivity contribution in [1.29, 1.82) is 0 Å². The van der Waals surface area contributed by atoms with Gasteiger partial charge in [-0.25, -0.2) is 0 Å². The van der Waals surface area contributed by atoms with E-state index in [-0.39, 0.29) is 11.8 Å². The van der Waals surface area contributed by atoms with Crippen molar-refractivity contribution in [3.8, 4) is 0 Å². The van der Waals surface area contributed by atoms with Crippen molar-refractivity contribution in [2.45, 2.75) is 52.4 Å². The molecule has 2 amide bonds. The van der Waals surface area contributed by atoms with Gasteiger partial charge in [-0.2, -0.15) is 0 Å². The molecule has 0 aromatic heterocycles. The van der Waals surface area contributed by atoms with Crippen molar-refractivity contribution < 1.29 is 9.59 Å². The Hall–Kier alpha value is -1.88. The van der Waals surface area contributed by atoms with Crippen molar-refractivity contribution in [1.82, 2.24) is 4.90 Å². The smallest absolute Gasteiger partial charge is 0.253 e. The molecule has 1 heterocycles. The monoisotopic (exact) mass is 345 g/mol. The number of rotatable bonds is 6. The number of likely N-dealkylation sites (tertiary alicyclic amines) is 1. The van der Waals surface area contributed by atoms with Crippen molar-refractivity contribution in [3.05, 3.63) is 29.8 Å². The van der Waals surface area contributed by atoms with Crippen LogP contribution in [0, 0.1) is 5.41 Å². The number of hydrogen-bond acceptors (Lipinski definition) is 3. The predicted molar refractivity (Wildman–Crippen MR) is 102 cm³/mol. The molecule has 0 atom stereocenters. The minimum Gasteiger partial charge on any atom is -0.339 e. The van der Waals surface area contributed by atoms with Crippen LogP contribution in [0.1, 0.15) is 62.7 Å². The van der Waals surface area contributed by atoms with Crippen LogP contribution in [0.15, 0.2) is 24.3 Å². The molecule has 1 aliphatic heterocycles. The Morgan fingerprint density at radius 2 is 1.60 bits per heavy atom. The minimum atomic E-state index is -0.527. The minimum absolute atomic E-state index is 0.0494. The second kappa shape index (κ2) is 8.99. The van der Waals surface area contributed by atoms with E-state index in [0.717, 1.165) is 25.9 Å². The van der Waals surface area contributed by atoms with Crippen LogP contribution in [0.3, 0.4) is 0 Å². The number of nitrogens with two attached hydrogens (primary N) is 1. The van der Waals surface area contributed by atoms with Gasteiger partial charge >= 0.3 is 0 Å². The van der Waals surface area contributed by atoms with E-state index in [1.807, 2.05) is 18.7 Å². The molecule has 1 fully saturated rings. The number of nitrogens with zero attached hydrogens (tertiary/aromatic N) is 1. The van der Waals surface area contributed by atoms with Gasteiger partial charge in [0.25, 0.3) is 5.91 Å². The Morgan fingerprint density at radius 1 is 1.04 bits per heavy atom. The SMILES string of the molecule is CCC(CC)(CN)C(=O)Nc1ccc(C(=O)N2CCCCCC2)cc1. The maximum Gasteiger partial charge on any atom is 0.253 e. The van der Waals surface area contributed by atoms with E-state index in [1.165, 1.54) is 12.8 Å². The first-order valence-electron chi connectivity index (χ1n) is 9.47. The van der Waals surface area contributed by atoms with Gasteiger partial charge in [0.05, 0.1) is 5.41 Å². The van der Waals surface area contributed by atoms with E-state index in [1.54, 1.807) is 24.3 Å². The van der Waals surface area contributed by atoms with Crippen LogP contribution >= 0.6 is 0 Å². The molecule has 1 aliphatic rings. The molecule has 0 bridgehead atoms. The third-order valence-electron chi connectivity index (χ3n) is 5.51. The van der Waals surface area contributed by atoms with Crippen LogP contribution in [0.25, 0.3) is 0 Å². The summed E-state index contributed by atoms with van der Waals surface area (Å²) in [7, 11) is 0. The molecular formula is C20H31N3O2. The summed E-state index contributed by atoms with van der Waals surface area (Å²) in [5.74, 6) is 0.0322. The van der Waals surface area contributed by atoms with Gasteiger partial charge in [0.1, 0.15) is 0 Å². The van der Waals surface area contributed by atoms with Gasteiger partial charge in [-0.05, 0) is 49.9 Å². The molecule has 1 saturated heterocycles. The van der Waals surface area contributed by atoms with Crippen molar-refractivity contribution in [2.75, 3.05) is 25.0 Å². The molecule has 0 radical (unpaired) electrons. The van der Waals surface area contributed by atoms with Crippen molar-refractivity contribution >= 4 is 17.5 Å². The molecule has 0 unspecified atom stereocenters. The summed E-state index contributed by atoms with van der Waals surface area (Å²) in [4.78, 5) is 27.1. The van der Waals surface area contributed by atoms with E-state index in [4.69, 9.17) is 5.73 Å². The lowest BCUT2D eigenvalue weighted by Gasteiger charge is -2.28. The van der Waals surface area contributed by atoms with Gasteiger partial charge < -0.3 is 16.0 Å². The van der Waals surface area contributed by atoms with Gasteiger partial charge in [0, 0.05) is 30.9 Å². The van der Waals surface area contributed by atoms with E-state index in [2.05, 4.69) is 5.32 Å². The average Bonchev–Trinajstić information content (AvgIpc) is 2.93. The highest BCUT2D eigenvalue weighted by atomic mass is 16.2. The molecule has 2 rings (SSSR count). The first-order chi connectivity index (χ1) is 12.1. The Kier molecular flexibility index (Phi) is 7.00. The molecule has 138 valence electrons. The Balaban J connectivity index is 2.04. The highest BCUT2D eigenvalue weighted by Gasteiger charge is 2.33. The molecule has 25 heavy (non-hydrogen) atoms. The van der Waals surface area contributed by atoms with Gasteiger partial charge in [0.2, 0.25) is 5.91 Å². The van der Waals surface area contributed by atoms with Crippen molar-refractivity contribution in [2.24, 2.45) is 11.1 Å². The third kappa shape index (κ3) is 4.60. The zero-order valence-electron chi connectivity index (χ0n) is 15.5. The Bertz CT molecular complexity index is 563. The summed E-state index contributed by atoms with van der Waals surface area (Å²) in [6.45, 7) is 5.97. The molecule has 0 saturated carbocycles. The zero-order valence-corrected chi connectivity index (χ0v) is 15.5. The summed E-state index contributed by atoms with van der Waals surface area (Å²) in [6, 6.07) is 7.20. The summed E-state index contributed by atoms with van der Waals surface area (Å²) < 4.78 is 0. The topological polar surface area (TPSA) is 75.4 Å². The number of carbonyl (C=O) groups excluding carboxylic acids is 2. The lowest BCUT2D eigenvalue weighted by atomic mass is 9.81. The van der Waals surface area contributed by atoms with Crippen LogP contribution < -0.4 is 11.1 Å². The van der Waals surface area contributed by atoms with Crippen LogP contribution in [-0.4, -0.2) is 36.3 Å². The summed E-state index contributed by atoms with van der Waals surface area (Å²) in [5, 5.41) is 2.95. The first-order valence-corrected chi connectivity index (χ1v) is 9.47. The van der Waals surface area contributed by atoms with Crippen LogP contribution in [-0.2, 0) is 4.79 Å². The van der Waals surface area contributed by atoms with E-state index in [0.29, 0.717) is 30.6 Å². The lowest BCUT2D eigenvalue weighted by molar-refractivity contribution is -0.125. The number of benzene rings is 1. The van der Waals surface area contributed by atoms with Crippen LogP contribution in [0.4, 0.5) is 5.69 Å². The number of anilines is 1. The normalized spacial score (nSPS) is 15.6. The summed E-state index contributed by atoms with van der Waals surface area (Å²) >= 11 is 0.